The smallest absolute Gasteiger partial charge is 0.205 e. The molecule has 0 aromatic carbocycles. The van der Waals surface area contributed by atoms with Crippen LogP contribution in [-0.4, -0.2) is 40.8 Å². The van der Waals surface area contributed by atoms with E-state index < -0.39 is 0 Å². The molecule has 2 bridgehead atoms. The molecule has 0 saturated carbocycles. The lowest BCUT2D eigenvalue weighted by Crippen LogP contribution is -2.53. The Morgan fingerprint density at radius 2 is 2.29 bits per heavy atom. The van der Waals surface area contributed by atoms with Crippen molar-refractivity contribution in [3.8, 4) is 0 Å². The third kappa shape index (κ3) is 1.50. The predicted molar refractivity (Wildman–Crippen MR) is 56.5 cm³/mol. The molecule has 76 valence electrons. The van der Waals surface area contributed by atoms with Gasteiger partial charge in [0.1, 0.15) is 5.51 Å². The first kappa shape index (κ1) is 8.61. The Morgan fingerprint density at radius 1 is 1.43 bits per heavy atom. The van der Waals surface area contributed by atoms with Crippen molar-refractivity contribution >= 4 is 16.5 Å². The third-order valence-corrected chi connectivity index (χ3v) is 3.95. The summed E-state index contributed by atoms with van der Waals surface area (Å²) in [5, 5.41) is 12.3. The normalized spacial score (nSPS) is 35.9. The van der Waals surface area contributed by atoms with E-state index in [0.717, 1.165) is 11.0 Å². The maximum absolute atomic E-state index is 4.03. The zero-order valence-corrected chi connectivity index (χ0v) is 8.83. The molecule has 0 radical (unpaired) electrons. The Hall–Kier alpha value is -0.680. The minimum atomic E-state index is 0.602. The second-order valence-corrected chi connectivity index (χ2v) is 4.97. The molecule has 0 aliphatic carbocycles. The largest absolute Gasteiger partial charge is 0.356 e. The molecule has 0 spiro atoms. The summed E-state index contributed by atoms with van der Waals surface area (Å²) in [6.07, 6.45) is 2.69. The van der Waals surface area contributed by atoms with Gasteiger partial charge in [-0.15, -0.1) is 10.2 Å². The van der Waals surface area contributed by atoms with Crippen molar-refractivity contribution in [2.75, 3.05) is 25.0 Å². The average Bonchev–Trinajstić information content (AvgIpc) is 2.72. The van der Waals surface area contributed by atoms with Crippen LogP contribution in [-0.2, 0) is 0 Å². The number of nitrogens with one attached hydrogen (secondary N) is 1. The highest BCUT2D eigenvalue weighted by atomic mass is 32.1. The number of rotatable bonds is 2. The van der Waals surface area contributed by atoms with Crippen molar-refractivity contribution in [2.24, 2.45) is 5.92 Å². The molecule has 3 fully saturated rings. The van der Waals surface area contributed by atoms with E-state index in [0.29, 0.717) is 6.04 Å². The van der Waals surface area contributed by atoms with Crippen LogP contribution < -0.4 is 5.32 Å². The van der Waals surface area contributed by atoms with Gasteiger partial charge < -0.3 is 10.2 Å². The van der Waals surface area contributed by atoms with E-state index >= 15 is 0 Å². The lowest BCUT2D eigenvalue weighted by Gasteiger charge is -2.44. The molecule has 1 aromatic rings. The standard InChI is InChI=1S/C9H14N4S/c1-3-13-4-2-7(1)8(5-13)11-9-12-10-6-14-9/h6-8H,1-5H2,(H,11,12). The molecule has 4 rings (SSSR count). The van der Waals surface area contributed by atoms with Gasteiger partial charge in [-0.1, -0.05) is 11.3 Å². The molecule has 3 aliphatic heterocycles. The maximum atomic E-state index is 4.03. The molecule has 14 heavy (non-hydrogen) atoms. The van der Waals surface area contributed by atoms with Crippen molar-refractivity contribution in [3.63, 3.8) is 0 Å². The first-order valence-corrected chi connectivity index (χ1v) is 6.05. The van der Waals surface area contributed by atoms with Gasteiger partial charge in [-0.3, -0.25) is 0 Å². The summed E-state index contributed by atoms with van der Waals surface area (Å²) >= 11 is 1.59. The van der Waals surface area contributed by atoms with Gasteiger partial charge in [0.15, 0.2) is 0 Å². The Kier molecular flexibility index (Phi) is 2.14. The third-order valence-electron chi connectivity index (χ3n) is 3.33. The van der Waals surface area contributed by atoms with E-state index in [2.05, 4.69) is 20.4 Å². The fraction of sp³-hybridized carbons (Fsp3) is 0.778. The number of fused-ring (bicyclic) bond motifs is 3. The summed E-state index contributed by atoms with van der Waals surface area (Å²) in [7, 11) is 0. The van der Waals surface area contributed by atoms with Crippen molar-refractivity contribution in [1.29, 1.82) is 0 Å². The molecular formula is C9H14N4S. The minimum Gasteiger partial charge on any atom is -0.356 e. The molecule has 1 atom stereocenters. The first-order valence-electron chi connectivity index (χ1n) is 5.17. The van der Waals surface area contributed by atoms with Gasteiger partial charge in [-0.2, -0.15) is 0 Å². The van der Waals surface area contributed by atoms with Crippen LogP contribution >= 0.6 is 11.3 Å². The Bertz CT molecular complexity index is 292. The van der Waals surface area contributed by atoms with Gasteiger partial charge in [0.2, 0.25) is 5.13 Å². The zero-order chi connectivity index (χ0) is 9.38. The molecule has 5 heteroatoms. The van der Waals surface area contributed by atoms with Crippen LogP contribution in [0.4, 0.5) is 5.13 Å². The summed E-state index contributed by atoms with van der Waals surface area (Å²) in [4.78, 5) is 2.54. The average molecular weight is 210 g/mol. The number of anilines is 1. The van der Waals surface area contributed by atoms with Crippen molar-refractivity contribution in [1.82, 2.24) is 15.1 Å². The van der Waals surface area contributed by atoms with E-state index in [4.69, 9.17) is 0 Å². The highest BCUT2D eigenvalue weighted by Crippen LogP contribution is 2.29. The number of hydrogen-bond acceptors (Lipinski definition) is 5. The van der Waals surface area contributed by atoms with Gasteiger partial charge in [-0.25, -0.2) is 0 Å². The molecule has 1 aromatic heterocycles. The Morgan fingerprint density at radius 3 is 2.86 bits per heavy atom. The second kappa shape index (κ2) is 3.47. The number of aromatic nitrogens is 2. The van der Waals surface area contributed by atoms with Gasteiger partial charge in [0, 0.05) is 12.6 Å². The van der Waals surface area contributed by atoms with Crippen LogP contribution in [0, 0.1) is 5.92 Å². The maximum Gasteiger partial charge on any atom is 0.205 e. The van der Waals surface area contributed by atoms with Crippen LogP contribution in [0.3, 0.4) is 0 Å². The van der Waals surface area contributed by atoms with E-state index in [1.54, 1.807) is 16.8 Å². The molecule has 0 amide bonds. The van der Waals surface area contributed by atoms with E-state index in [1.165, 1.54) is 32.5 Å². The fourth-order valence-electron chi connectivity index (χ4n) is 2.52. The van der Waals surface area contributed by atoms with Gasteiger partial charge in [-0.05, 0) is 31.8 Å². The predicted octanol–water partition coefficient (Wildman–Crippen LogP) is 1.04. The molecule has 3 aliphatic rings. The summed E-state index contributed by atoms with van der Waals surface area (Å²) in [5.41, 5.74) is 1.78. The molecule has 4 nitrogen and oxygen atoms in total. The van der Waals surface area contributed by atoms with Gasteiger partial charge >= 0.3 is 0 Å². The van der Waals surface area contributed by atoms with E-state index in [1.807, 2.05) is 0 Å². The van der Waals surface area contributed by atoms with Gasteiger partial charge in [0.05, 0.1) is 0 Å². The monoisotopic (exact) mass is 210 g/mol. The summed E-state index contributed by atoms with van der Waals surface area (Å²) in [5.74, 6) is 0.851. The fourth-order valence-corrected chi connectivity index (χ4v) is 3.03. The zero-order valence-electron chi connectivity index (χ0n) is 8.02. The van der Waals surface area contributed by atoms with E-state index in [9.17, 15) is 0 Å². The highest BCUT2D eigenvalue weighted by Gasteiger charge is 2.34. The molecule has 1 N–H and O–H groups in total. The lowest BCUT2D eigenvalue weighted by atomic mass is 9.84. The molecule has 4 heterocycles. The van der Waals surface area contributed by atoms with Crippen LogP contribution in [0.5, 0.6) is 0 Å². The van der Waals surface area contributed by atoms with Crippen LogP contribution in [0.25, 0.3) is 0 Å². The number of hydrogen-bond donors (Lipinski definition) is 1. The van der Waals surface area contributed by atoms with Gasteiger partial charge in [0.25, 0.3) is 0 Å². The molecule has 1 unspecified atom stereocenters. The van der Waals surface area contributed by atoms with Crippen molar-refractivity contribution in [3.05, 3.63) is 5.51 Å². The minimum absolute atomic E-state index is 0.602. The SMILES string of the molecule is c1nnc(NC2CN3CCC2CC3)s1. The summed E-state index contributed by atoms with van der Waals surface area (Å²) in [6, 6.07) is 0.602. The number of nitrogens with zero attached hydrogens (tertiary/aromatic N) is 3. The first-order chi connectivity index (χ1) is 6.92. The Labute approximate surface area is 87.3 Å². The second-order valence-electron chi connectivity index (χ2n) is 4.13. The summed E-state index contributed by atoms with van der Waals surface area (Å²) < 4.78 is 0. The quantitative estimate of drug-likeness (QED) is 0.792. The van der Waals surface area contributed by atoms with E-state index in [-0.39, 0.29) is 0 Å². The van der Waals surface area contributed by atoms with Crippen LogP contribution in [0.2, 0.25) is 0 Å². The van der Waals surface area contributed by atoms with Crippen LogP contribution in [0.1, 0.15) is 12.8 Å². The summed E-state index contributed by atoms with van der Waals surface area (Å²) in [6.45, 7) is 3.77. The van der Waals surface area contributed by atoms with Crippen molar-refractivity contribution < 1.29 is 0 Å². The Balaban J connectivity index is 1.68. The molecular weight excluding hydrogens is 196 g/mol. The highest BCUT2D eigenvalue weighted by molar-refractivity contribution is 7.13. The number of piperidine rings is 3. The van der Waals surface area contributed by atoms with Crippen molar-refractivity contribution in [2.45, 2.75) is 18.9 Å². The molecule has 3 saturated heterocycles. The van der Waals surface area contributed by atoms with Crippen LogP contribution in [0.15, 0.2) is 5.51 Å². The topological polar surface area (TPSA) is 41.1 Å². The lowest BCUT2D eigenvalue weighted by molar-refractivity contribution is 0.0975.